The quantitative estimate of drug-likeness (QED) is 0.539. The van der Waals surface area contributed by atoms with E-state index in [4.69, 9.17) is 16.3 Å². The van der Waals surface area contributed by atoms with E-state index in [9.17, 15) is 4.79 Å². The van der Waals surface area contributed by atoms with Gasteiger partial charge in [-0.2, -0.15) is 0 Å². The number of halogens is 1. The van der Waals surface area contributed by atoms with Crippen molar-refractivity contribution in [2.45, 2.75) is 5.54 Å². The fourth-order valence-electron chi connectivity index (χ4n) is 3.47. The molecule has 3 aromatic rings. The maximum absolute atomic E-state index is 13.2. The summed E-state index contributed by atoms with van der Waals surface area (Å²) in [7, 11) is 3.22. The fourth-order valence-corrected chi connectivity index (χ4v) is 3.60. The van der Waals surface area contributed by atoms with Crippen molar-refractivity contribution in [3.63, 3.8) is 0 Å². The van der Waals surface area contributed by atoms with E-state index in [0.29, 0.717) is 16.5 Å². The van der Waals surface area contributed by atoms with E-state index in [-0.39, 0.29) is 6.03 Å². The Kier molecular flexibility index (Phi) is 6.25. The summed E-state index contributed by atoms with van der Waals surface area (Å²) in [6.07, 6.45) is 1.78. The Bertz CT molecular complexity index is 972. The molecule has 0 aliphatic rings. The standard InChI is InChI=1S/C24H23ClN2O2/c1-4-24(18-8-6-5-7-9-18,19-10-12-20(25)13-11-19)27(23(28)26-2)21-14-16-22(29-3)17-15-21/h4-17H,1H2,2-3H3,(H,26,28)/t24-/m1/s1. The molecule has 3 rings (SSSR count). The number of methoxy groups -OCH3 is 1. The zero-order valence-corrected chi connectivity index (χ0v) is 17.2. The predicted octanol–water partition coefficient (Wildman–Crippen LogP) is 5.62. The number of nitrogens with zero attached hydrogens (tertiary/aromatic N) is 1. The lowest BCUT2D eigenvalue weighted by Crippen LogP contribution is -2.52. The molecule has 0 aliphatic heterocycles. The van der Waals surface area contributed by atoms with Crippen molar-refractivity contribution in [1.82, 2.24) is 5.32 Å². The summed E-state index contributed by atoms with van der Waals surface area (Å²) in [5.74, 6) is 0.709. The molecule has 0 aromatic heterocycles. The molecule has 4 nitrogen and oxygen atoms in total. The number of ether oxygens (including phenoxy) is 1. The molecule has 0 spiro atoms. The molecule has 0 fully saturated rings. The van der Waals surface area contributed by atoms with Crippen LogP contribution < -0.4 is 15.0 Å². The number of amides is 2. The molecule has 29 heavy (non-hydrogen) atoms. The number of rotatable bonds is 6. The molecule has 1 atom stereocenters. The van der Waals surface area contributed by atoms with E-state index in [0.717, 1.165) is 11.1 Å². The molecular formula is C24H23ClN2O2. The van der Waals surface area contributed by atoms with Gasteiger partial charge in [0.2, 0.25) is 0 Å². The van der Waals surface area contributed by atoms with Crippen LogP contribution >= 0.6 is 11.6 Å². The predicted molar refractivity (Wildman–Crippen MR) is 119 cm³/mol. The van der Waals surface area contributed by atoms with E-state index in [1.807, 2.05) is 78.9 Å². The van der Waals surface area contributed by atoms with E-state index >= 15 is 0 Å². The van der Waals surface area contributed by atoms with Crippen LogP contribution in [0.1, 0.15) is 11.1 Å². The fraction of sp³-hybridized carbons (Fsp3) is 0.125. The number of urea groups is 1. The van der Waals surface area contributed by atoms with Crippen molar-refractivity contribution in [2.75, 3.05) is 19.1 Å². The number of hydrogen-bond donors (Lipinski definition) is 1. The number of benzene rings is 3. The zero-order valence-electron chi connectivity index (χ0n) is 16.4. The van der Waals surface area contributed by atoms with Crippen molar-refractivity contribution in [3.05, 3.63) is 108 Å². The molecular weight excluding hydrogens is 384 g/mol. The number of carbonyl (C=O) groups is 1. The number of hydrogen-bond acceptors (Lipinski definition) is 2. The van der Waals surface area contributed by atoms with Gasteiger partial charge in [0.05, 0.1) is 7.11 Å². The molecule has 2 amide bonds. The summed E-state index contributed by atoms with van der Waals surface area (Å²) in [4.78, 5) is 14.9. The summed E-state index contributed by atoms with van der Waals surface area (Å²) >= 11 is 6.14. The van der Waals surface area contributed by atoms with Crippen LogP contribution in [0.25, 0.3) is 0 Å². The van der Waals surface area contributed by atoms with Crippen LogP contribution in [0.15, 0.2) is 91.5 Å². The third-order valence-corrected chi connectivity index (χ3v) is 5.15. The summed E-state index contributed by atoms with van der Waals surface area (Å²) < 4.78 is 5.28. The van der Waals surface area contributed by atoms with E-state index in [2.05, 4.69) is 11.9 Å². The first-order chi connectivity index (χ1) is 14.1. The molecule has 0 heterocycles. The smallest absolute Gasteiger partial charge is 0.322 e. The SMILES string of the molecule is C=C[C@@](c1ccccc1)(c1ccc(Cl)cc1)N(C(=O)NC)c1ccc(OC)cc1. The van der Waals surface area contributed by atoms with E-state index < -0.39 is 5.54 Å². The van der Waals surface area contributed by atoms with Crippen LogP contribution in [-0.4, -0.2) is 20.2 Å². The minimum Gasteiger partial charge on any atom is -0.497 e. The Morgan fingerprint density at radius 2 is 1.59 bits per heavy atom. The Balaban J connectivity index is 2.32. The molecule has 3 aromatic carbocycles. The van der Waals surface area contributed by atoms with Gasteiger partial charge in [0.15, 0.2) is 0 Å². The van der Waals surface area contributed by atoms with Gasteiger partial charge in [-0.05, 0) is 47.5 Å². The Morgan fingerprint density at radius 1 is 1.00 bits per heavy atom. The molecule has 0 saturated carbocycles. The van der Waals surface area contributed by atoms with Gasteiger partial charge in [0.25, 0.3) is 0 Å². The third-order valence-electron chi connectivity index (χ3n) is 4.89. The van der Waals surface area contributed by atoms with Gasteiger partial charge in [-0.15, -0.1) is 6.58 Å². The first-order valence-electron chi connectivity index (χ1n) is 9.18. The Labute approximate surface area is 176 Å². The van der Waals surface area contributed by atoms with Gasteiger partial charge in [-0.25, -0.2) is 4.79 Å². The molecule has 0 radical (unpaired) electrons. The van der Waals surface area contributed by atoms with Crippen molar-refractivity contribution in [2.24, 2.45) is 0 Å². The first-order valence-corrected chi connectivity index (χ1v) is 9.55. The van der Waals surface area contributed by atoms with Crippen LogP contribution in [0.3, 0.4) is 0 Å². The number of anilines is 1. The van der Waals surface area contributed by atoms with E-state index in [1.165, 1.54) is 0 Å². The van der Waals surface area contributed by atoms with Crippen LogP contribution in [-0.2, 0) is 5.54 Å². The van der Waals surface area contributed by atoms with Gasteiger partial charge >= 0.3 is 6.03 Å². The van der Waals surface area contributed by atoms with Crippen LogP contribution in [0.4, 0.5) is 10.5 Å². The van der Waals surface area contributed by atoms with Gasteiger partial charge in [0, 0.05) is 17.8 Å². The first kappa shape index (κ1) is 20.5. The topological polar surface area (TPSA) is 41.6 Å². The summed E-state index contributed by atoms with van der Waals surface area (Å²) in [5, 5.41) is 3.39. The summed E-state index contributed by atoms with van der Waals surface area (Å²) in [6, 6.07) is 24.3. The monoisotopic (exact) mass is 406 g/mol. The highest BCUT2D eigenvalue weighted by atomic mass is 35.5. The maximum Gasteiger partial charge on any atom is 0.322 e. The molecule has 0 saturated heterocycles. The van der Waals surface area contributed by atoms with Crippen molar-refractivity contribution in [1.29, 1.82) is 0 Å². The second-order valence-electron chi connectivity index (χ2n) is 6.43. The molecule has 148 valence electrons. The van der Waals surface area contributed by atoms with Gasteiger partial charge in [-0.3, -0.25) is 4.90 Å². The zero-order chi connectivity index (χ0) is 20.9. The highest BCUT2D eigenvalue weighted by Gasteiger charge is 2.41. The van der Waals surface area contributed by atoms with Crippen LogP contribution in [0.5, 0.6) is 5.75 Å². The minimum atomic E-state index is -0.958. The van der Waals surface area contributed by atoms with E-state index in [1.54, 1.807) is 25.1 Å². The van der Waals surface area contributed by atoms with Gasteiger partial charge < -0.3 is 10.1 Å². The van der Waals surface area contributed by atoms with Crippen molar-refractivity contribution < 1.29 is 9.53 Å². The average Bonchev–Trinajstić information content (AvgIpc) is 2.78. The molecule has 0 bridgehead atoms. The lowest BCUT2D eigenvalue weighted by atomic mass is 9.80. The Morgan fingerprint density at radius 3 is 2.10 bits per heavy atom. The number of carbonyl (C=O) groups excluding carboxylic acids is 1. The van der Waals surface area contributed by atoms with Gasteiger partial charge in [0.1, 0.15) is 11.3 Å². The highest BCUT2D eigenvalue weighted by Crippen LogP contribution is 2.41. The third kappa shape index (κ3) is 3.84. The second-order valence-corrected chi connectivity index (χ2v) is 6.87. The summed E-state index contributed by atoms with van der Waals surface area (Å²) in [5.41, 5.74) is 1.50. The maximum atomic E-state index is 13.2. The molecule has 1 N–H and O–H groups in total. The lowest BCUT2D eigenvalue weighted by Gasteiger charge is -2.42. The van der Waals surface area contributed by atoms with Crippen molar-refractivity contribution in [3.8, 4) is 5.75 Å². The summed E-state index contributed by atoms with van der Waals surface area (Å²) in [6.45, 7) is 4.13. The van der Waals surface area contributed by atoms with Crippen LogP contribution in [0.2, 0.25) is 5.02 Å². The largest absolute Gasteiger partial charge is 0.497 e. The van der Waals surface area contributed by atoms with Crippen LogP contribution in [0, 0.1) is 0 Å². The lowest BCUT2D eigenvalue weighted by molar-refractivity contribution is 0.244. The van der Waals surface area contributed by atoms with Crippen molar-refractivity contribution >= 4 is 23.3 Å². The normalized spacial score (nSPS) is 12.5. The number of nitrogens with one attached hydrogen (secondary N) is 1. The molecule has 0 aliphatic carbocycles. The average molecular weight is 407 g/mol. The Hall–Kier alpha value is -3.24. The second kappa shape index (κ2) is 8.84. The highest BCUT2D eigenvalue weighted by molar-refractivity contribution is 6.30. The molecule has 5 heteroatoms. The van der Waals surface area contributed by atoms with Gasteiger partial charge in [-0.1, -0.05) is 60.1 Å². The molecule has 0 unspecified atom stereocenters. The minimum absolute atomic E-state index is 0.270.